The molecule has 0 fully saturated rings. The maximum Gasteiger partial charge on any atom is 0.360 e. The van der Waals surface area contributed by atoms with Crippen LogP contribution in [0.2, 0.25) is 0 Å². The van der Waals surface area contributed by atoms with Crippen molar-refractivity contribution in [2.24, 2.45) is 0 Å². The van der Waals surface area contributed by atoms with Gasteiger partial charge in [-0.1, -0.05) is 6.92 Å². The van der Waals surface area contributed by atoms with Crippen LogP contribution in [0.25, 0.3) is 0 Å². The summed E-state index contributed by atoms with van der Waals surface area (Å²) in [5.41, 5.74) is 0.217. The van der Waals surface area contributed by atoms with Crippen LogP contribution in [-0.2, 0) is 4.74 Å². The number of carbonyl (C=O) groups excluding carboxylic acids is 1. The number of hydrogen-bond donors (Lipinski definition) is 0. The zero-order valence-corrected chi connectivity index (χ0v) is 9.32. The lowest BCUT2D eigenvalue weighted by molar-refractivity contribution is 0.0519. The maximum atomic E-state index is 11.3. The quantitative estimate of drug-likeness (QED) is 0.695. The fraction of sp³-hybridized carbons (Fsp3) is 0.600. The lowest BCUT2D eigenvalue weighted by atomic mass is 10.4. The summed E-state index contributed by atoms with van der Waals surface area (Å²) in [6, 6.07) is 0.444. The summed E-state index contributed by atoms with van der Waals surface area (Å²) in [5.74, 6) is -0.447. The molecule has 1 aromatic heterocycles. The minimum atomic E-state index is -0.447. The SMILES string of the molecule is CCCN(C)c1nc(C(=O)OCC)co1. The molecular weight excluding hydrogens is 196 g/mol. The van der Waals surface area contributed by atoms with Gasteiger partial charge in [0.25, 0.3) is 6.01 Å². The van der Waals surface area contributed by atoms with E-state index in [0.29, 0.717) is 12.6 Å². The van der Waals surface area contributed by atoms with Gasteiger partial charge in [-0.3, -0.25) is 0 Å². The Morgan fingerprint density at radius 2 is 2.33 bits per heavy atom. The van der Waals surface area contributed by atoms with Crippen LogP contribution in [0.5, 0.6) is 0 Å². The van der Waals surface area contributed by atoms with Gasteiger partial charge in [-0.05, 0) is 13.3 Å². The molecule has 0 amide bonds. The van der Waals surface area contributed by atoms with Crippen LogP contribution >= 0.6 is 0 Å². The van der Waals surface area contributed by atoms with Gasteiger partial charge in [-0.2, -0.15) is 4.98 Å². The fourth-order valence-electron chi connectivity index (χ4n) is 1.17. The minimum Gasteiger partial charge on any atom is -0.461 e. The molecule has 0 aliphatic heterocycles. The maximum absolute atomic E-state index is 11.3. The van der Waals surface area contributed by atoms with Gasteiger partial charge >= 0.3 is 5.97 Å². The number of anilines is 1. The van der Waals surface area contributed by atoms with E-state index in [1.807, 2.05) is 11.9 Å². The third-order valence-corrected chi connectivity index (χ3v) is 1.86. The zero-order valence-electron chi connectivity index (χ0n) is 9.32. The summed E-state index contributed by atoms with van der Waals surface area (Å²) >= 11 is 0. The van der Waals surface area contributed by atoms with Crippen molar-refractivity contribution >= 4 is 12.0 Å². The van der Waals surface area contributed by atoms with E-state index in [2.05, 4.69) is 11.9 Å². The van der Waals surface area contributed by atoms with E-state index in [4.69, 9.17) is 9.15 Å². The largest absolute Gasteiger partial charge is 0.461 e. The van der Waals surface area contributed by atoms with Gasteiger partial charge in [-0.25, -0.2) is 4.79 Å². The number of rotatable bonds is 5. The first-order valence-corrected chi connectivity index (χ1v) is 5.02. The van der Waals surface area contributed by atoms with E-state index in [1.165, 1.54) is 6.26 Å². The van der Waals surface area contributed by atoms with E-state index in [-0.39, 0.29) is 5.69 Å². The summed E-state index contributed by atoms with van der Waals surface area (Å²) < 4.78 is 9.96. The highest BCUT2D eigenvalue weighted by Crippen LogP contribution is 2.12. The second-order valence-corrected chi connectivity index (χ2v) is 3.16. The molecule has 0 aromatic carbocycles. The van der Waals surface area contributed by atoms with Gasteiger partial charge in [0.05, 0.1) is 6.61 Å². The molecule has 84 valence electrons. The van der Waals surface area contributed by atoms with Crippen molar-refractivity contribution in [3.63, 3.8) is 0 Å². The number of hydrogen-bond acceptors (Lipinski definition) is 5. The molecule has 1 aromatic rings. The third kappa shape index (κ3) is 2.97. The molecule has 0 saturated carbocycles. The molecule has 0 aliphatic rings. The van der Waals surface area contributed by atoms with Gasteiger partial charge in [0.1, 0.15) is 6.26 Å². The number of aromatic nitrogens is 1. The molecule has 15 heavy (non-hydrogen) atoms. The van der Waals surface area contributed by atoms with E-state index < -0.39 is 5.97 Å². The van der Waals surface area contributed by atoms with Crippen LogP contribution in [0.3, 0.4) is 0 Å². The molecule has 0 saturated heterocycles. The van der Waals surface area contributed by atoms with Gasteiger partial charge < -0.3 is 14.1 Å². The summed E-state index contributed by atoms with van der Waals surface area (Å²) in [7, 11) is 1.87. The predicted octanol–water partition coefficient (Wildman–Crippen LogP) is 1.70. The van der Waals surface area contributed by atoms with Crippen molar-refractivity contribution < 1.29 is 13.9 Å². The van der Waals surface area contributed by atoms with Crippen molar-refractivity contribution in [2.75, 3.05) is 25.1 Å². The van der Waals surface area contributed by atoms with Crippen LogP contribution < -0.4 is 4.90 Å². The zero-order chi connectivity index (χ0) is 11.3. The number of carbonyl (C=O) groups is 1. The van der Waals surface area contributed by atoms with E-state index in [9.17, 15) is 4.79 Å². The van der Waals surface area contributed by atoms with Gasteiger partial charge in [0.15, 0.2) is 5.69 Å². The third-order valence-electron chi connectivity index (χ3n) is 1.86. The topological polar surface area (TPSA) is 55.6 Å². The second kappa shape index (κ2) is 5.38. The first-order chi connectivity index (χ1) is 7.19. The van der Waals surface area contributed by atoms with Crippen molar-refractivity contribution in [3.8, 4) is 0 Å². The molecule has 0 N–H and O–H groups in total. The first kappa shape index (κ1) is 11.6. The van der Waals surface area contributed by atoms with E-state index in [0.717, 1.165) is 13.0 Å². The highest BCUT2D eigenvalue weighted by molar-refractivity contribution is 5.87. The molecule has 1 heterocycles. The van der Waals surface area contributed by atoms with Crippen LogP contribution in [-0.4, -0.2) is 31.2 Å². The average Bonchev–Trinajstić information content (AvgIpc) is 2.67. The molecule has 0 unspecified atom stereocenters. The molecule has 0 spiro atoms. The monoisotopic (exact) mass is 212 g/mol. The smallest absolute Gasteiger partial charge is 0.360 e. The molecule has 0 aliphatic carbocycles. The highest BCUT2D eigenvalue weighted by Gasteiger charge is 2.14. The highest BCUT2D eigenvalue weighted by atomic mass is 16.5. The Kier molecular flexibility index (Phi) is 4.15. The standard InChI is InChI=1S/C10H16N2O3/c1-4-6-12(3)10-11-8(7-15-10)9(13)14-5-2/h7H,4-6H2,1-3H3. The van der Waals surface area contributed by atoms with Gasteiger partial charge in [0, 0.05) is 13.6 Å². The summed E-state index contributed by atoms with van der Waals surface area (Å²) in [6.07, 6.45) is 2.31. The Labute approximate surface area is 89.0 Å². The van der Waals surface area contributed by atoms with Crippen molar-refractivity contribution in [1.82, 2.24) is 4.98 Å². The van der Waals surface area contributed by atoms with Crippen molar-refractivity contribution in [1.29, 1.82) is 0 Å². The molecule has 1 rings (SSSR count). The molecule has 5 heteroatoms. The summed E-state index contributed by atoms with van der Waals surface area (Å²) in [6.45, 7) is 4.99. The van der Waals surface area contributed by atoms with Crippen LogP contribution in [0.4, 0.5) is 6.01 Å². The number of ether oxygens (including phenoxy) is 1. The fourth-order valence-corrected chi connectivity index (χ4v) is 1.17. The number of nitrogens with zero attached hydrogens (tertiary/aromatic N) is 2. The van der Waals surface area contributed by atoms with Crippen LogP contribution in [0.15, 0.2) is 10.7 Å². The lowest BCUT2D eigenvalue weighted by Gasteiger charge is -2.11. The summed E-state index contributed by atoms with van der Waals surface area (Å²) in [5, 5.41) is 0. The average molecular weight is 212 g/mol. The summed E-state index contributed by atoms with van der Waals surface area (Å²) in [4.78, 5) is 17.2. The Bertz CT molecular complexity index is 322. The normalized spacial score (nSPS) is 10.1. The molecular formula is C10H16N2O3. The van der Waals surface area contributed by atoms with Crippen LogP contribution in [0, 0.1) is 0 Å². The predicted molar refractivity (Wildman–Crippen MR) is 56.0 cm³/mol. The first-order valence-electron chi connectivity index (χ1n) is 5.02. The van der Waals surface area contributed by atoms with Crippen LogP contribution in [0.1, 0.15) is 30.8 Å². The number of oxazole rings is 1. The second-order valence-electron chi connectivity index (χ2n) is 3.16. The Balaban J connectivity index is 2.67. The molecule has 0 radical (unpaired) electrons. The minimum absolute atomic E-state index is 0.217. The lowest BCUT2D eigenvalue weighted by Crippen LogP contribution is -2.18. The number of esters is 1. The van der Waals surface area contributed by atoms with Gasteiger partial charge in [0.2, 0.25) is 0 Å². The van der Waals surface area contributed by atoms with Crippen molar-refractivity contribution in [3.05, 3.63) is 12.0 Å². The Hall–Kier alpha value is -1.52. The van der Waals surface area contributed by atoms with Gasteiger partial charge in [-0.15, -0.1) is 0 Å². The van der Waals surface area contributed by atoms with Crippen molar-refractivity contribution in [2.45, 2.75) is 20.3 Å². The molecule has 0 bridgehead atoms. The molecule has 5 nitrogen and oxygen atoms in total. The Morgan fingerprint density at radius 1 is 1.60 bits per heavy atom. The molecule has 0 atom stereocenters. The van der Waals surface area contributed by atoms with E-state index >= 15 is 0 Å². The Morgan fingerprint density at radius 3 is 2.93 bits per heavy atom. The van der Waals surface area contributed by atoms with E-state index in [1.54, 1.807) is 6.92 Å².